The number of hydrogen-bond donors (Lipinski definition) is 1. The first-order chi connectivity index (χ1) is 10.7. The second-order valence-corrected chi connectivity index (χ2v) is 5.30. The number of ether oxygens (including phenoxy) is 1. The van der Waals surface area contributed by atoms with Crippen LogP contribution in [-0.4, -0.2) is 36.9 Å². The fourth-order valence-corrected chi connectivity index (χ4v) is 2.30. The zero-order chi connectivity index (χ0) is 15.8. The Hall–Kier alpha value is -1.91. The van der Waals surface area contributed by atoms with Gasteiger partial charge in [-0.3, -0.25) is 4.90 Å². The van der Waals surface area contributed by atoms with Gasteiger partial charge in [-0.05, 0) is 30.3 Å². The molecule has 0 heterocycles. The van der Waals surface area contributed by atoms with Crippen LogP contribution in [0, 0.1) is 0 Å². The maximum atomic E-state index is 12.0. The second-order valence-electron chi connectivity index (χ2n) is 5.30. The van der Waals surface area contributed by atoms with E-state index in [9.17, 15) is 9.50 Å². The molecule has 0 amide bonds. The Bertz CT molecular complexity index is 545. The van der Waals surface area contributed by atoms with E-state index in [1.807, 2.05) is 61.6 Å². The molecule has 2 aromatic carbocycles. The van der Waals surface area contributed by atoms with E-state index < -0.39 is 12.8 Å². The van der Waals surface area contributed by atoms with Crippen molar-refractivity contribution in [3.63, 3.8) is 0 Å². The Balaban J connectivity index is 1.85. The Morgan fingerprint density at radius 2 is 1.77 bits per heavy atom. The molecular formula is C18H22FNO2. The van der Waals surface area contributed by atoms with Crippen molar-refractivity contribution in [2.45, 2.75) is 12.6 Å². The molecule has 3 nitrogen and oxygen atoms in total. The molecule has 0 saturated heterocycles. The van der Waals surface area contributed by atoms with E-state index >= 15 is 0 Å². The second kappa shape index (κ2) is 8.51. The summed E-state index contributed by atoms with van der Waals surface area (Å²) < 4.78 is 17.2. The van der Waals surface area contributed by atoms with Crippen molar-refractivity contribution in [1.29, 1.82) is 0 Å². The predicted molar refractivity (Wildman–Crippen MR) is 85.6 cm³/mol. The SMILES string of the molecule is CN(Cc1ccc(OCCF)cc1)C[C@H](O)c1ccccc1. The fourth-order valence-electron chi connectivity index (χ4n) is 2.30. The van der Waals surface area contributed by atoms with Gasteiger partial charge in [-0.2, -0.15) is 0 Å². The molecule has 0 saturated carbocycles. The van der Waals surface area contributed by atoms with E-state index in [0.717, 1.165) is 17.7 Å². The zero-order valence-corrected chi connectivity index (χ0v) is 12.8. The topological polar surface area (TPSA) is 32.7 Å². The Kier molecular flexibility index (Phi) is 6.37. The lowest BCUT2D eigenvalue weighted by Crippen LogP contribution is -2.24. The molecule has 0 bridgehead atoms. The molecule has 1 atom stereocenters. The van der Waals surface area contributed by atoms with Crippen molar-refractivity contribution in [1.82, 2.24) is 4.90 Å². The van der Waals surface area contributed by atoms with Crippen molar-refractivity contribution in [2.75, 3.05) is 26.9 Å². The maximum absolute atomic E-state index is 12.0. The van der Waals surface area contributed by atoms with E-state index in [4.69, 9.17) is 4.74 Å². The molecular weight excluding hydrogens is 281 g/mol. The third-order valence-corrected chi connectivity index (χ3v) is 3.39. The van der Waals surface area contributed by atoms with Crippen molar-refractivity contribution >= 4 is 0 Å². The molecule has 0 spiro atoms. The van der Waals surface area contributed by atoms with E-state index in [1.54, 1.807) is 0 Å². The molecule has 0 aliphatic heterocycles. The van der Waals surface area contributed by atoms with Crippen molar-refractivity contribution < 1.29 is 14.2 Å². The number of halogens is 1. The van der Waals surface area contributed by atoms with Crippen LogP contribution in [0.4, 0.5) is 4.39 Å². The Morgan fingerprint density at radius 1 is 1.09 bits per heavy atom. The van der Waals surface area contributed by atoms with E-state index in [0.29, 0.717) is 12.3 Å². The zero-order valence-electron chi connectivity index (χ0n) is 12.8. The van der Waals surface area contributed by atoms with E-state index in [-0.39, 0.29) is 6.61 Å². The van der Waals surface area contributed by atoms with Gasteiger partial charge in [-0.1, -0.05) is 42.5 Å². The monoisotopic (exact) mass is 303 g/mol. The van der Waals surface area contributed by atoms with Gasteiger partial charge in [-0.25, -0.2) is 4.39 Å². The molecule has 0 unspecified atom stereocenters. The third-order valence-electron chi connectivity index (χ3n) is 3.39. The number of benzene rings is 2. The van der Waals surface area contributed by atoms with Gasteiger partial charge in [0.2, 0.25) is 0 Å². The van der Waals surface area contributed by atoms with Crippen LogP contribution < -0.4 is 4.74 Å². The van der Waals surface area contributed by atoms with Crippen LogP contribution in [0.1, 0.15) is 17.2 Å². The summed E-state index contributed by atoms with van der Waals surface area (Å²) in [7, 11) is 1.97. The lowest BCUT2D eigenvalue weighted by molar-refractivity contribution is 0.124. The lowest BCUT2D eigenvalue weighted by Gasteiger charge is -2.21. The predicted octanol–water partition coefficient (Wildman–Crippen LogP) is 3.20. The average Bonchev–Trinajstić information content (AvgIpc) is 2.55. The Morgan fingerprint density at radius 3 is 2.41 bits per heavy atom. The normalized spacial score (nSPS) is 12.4. The molecule has 0 aliphatic rings. The molecule has 2 rings (SSSR count). The van der Waals surface area contributed by atoms with Crippen LogP contribution in [0.15, 0.2) is 54.6 Å². The highest BCUT2D eigenvalue weighted by molar-refractivity contribution is 5.27. The van der Waals surface area contributed by atoms with E-state index in [2.05, 4.69) is 4.90 Å². The van der Waals surface area contributed by atoms with Crippen LogP contribution in [-0.2, 0) is 6.54 Å². The molecule has 0 aromatic heterocycles. The Labute approximate surface area is 131 Å². The summed E-state index contributed by atoms with van der Waals surface area (Å²) in [5.74, 6) is 0.674. The fraction of sp³-hybridized carbons (Fsp3) is 0.333. The highest BCUT2D eigenvalue weighted by Crippen LogP contribution is 2.16. The van der Waals surface area contributed by atoms with Crippen molar-refractivity contribution in [3.8, 4) is 5.75 Å². The number of alkyl halides is 1. The number of aliphatic hydroxyl groups excluding tert-OH is 1. The van der Waals surface area contributed by atoms with Crippen molar-refractivity contribution in [3.05, 3.63) is 65.7 Å². The molecule has 22 heavy (non-hydrogen) atoms. The number of nitrogens with zero attached hydrogens (tertiary/aromatic N) is 1. The molecule has 4 heteroatoms. The van der Waals surface area contributed by atoms with Crippen LogP contribution in [0.25, 0.3) is 0 Å². The number of hydrogen-bond acceptors (Lipinski definition) is 3. The van der Waals surface area contributed by atoms with Gasteiger partial charge in [0.1, 0.15) is 19.0 Å². The molecule has 118 valence electrons. The van der Waals surface area contributed by atoms with Gasteiger partial charge < -0.3 is 9.84 Å². The molecule has 0 aliphatic carbocycles. The van der Waals surface area contributed by atoms with Crippen LogP contribution in [0.3, 0.4) is 0 Å². The minimum absolute atomic E-state index is 0.0858. The van der Waals surface area contributed by atoms with Gasteiger partial charge in [0.25, 0.3) is 0 Å². The lowest BCUT2D eigenvalue weighted by atomic mass is 10.1. The standard InChI is InChI=1S/C18H22FNO2/c1-20(14-18(21)16-5-3-2-4-6-16)13-15-7-9-17(10-8-15)22-12-11-19/h2-10,18,21H,11-14H2,1H3/t18-/m0/s1. The molecule has 2 aromatic rings. The van der Waals surface area contributed by atoms with Crippen molar-refractivity contribution in [2.24, 2.45) is 0 Å². The minimum Gasteiger partial charge on any atom is -0.491 e. The molecule has 1 N–H and O–H groups in total. The summed E-state index contributed by atoms with van der Waals surface area (Å²) in [5, 5.41) is 10.2. The first-order valence-corrected chi connectivity index (χ1v) is 7.38. The minimum atomic E-state index is -0.502. The van der Waals surface area contributed by atoms with Crippen LogP contribution in [0.5, 0.6) is 5.75 Å². The largest absolute Gasteiger partial charge is 0.491 e. The highest BCUT2D eigenvalue weighted by atomic mass is 19.1. The summed E-state index contributed by atoms with van der Waals surface area (Å²) in [6.45, 7) is 0.891. The summed E-state index contributed by atoms with van der Waals surface area (Å²) in [4.78, 5) is 2.06. The van der Waals surface area contributed by atoms with Gasteiger partial charge in [0, 0.05) is 13.1 Å². The number of aliphatic hydroxyl groups is 1. The smallest absolute Gasteiger partial charge is 0.123 e. The van der Waals surface area contributed by atoms with Gasteiger partial charge in [0.15, 0.2) is 0 Å². The summed E-state index contributed by atoms with van der Waals surface area (Å²) in [6, 6.07) is 17.2. The van der Waals surface area contributed by atoms with E-state index in [1.165, 1.54) is 0 Å². The van der Waals surface area contributed by atoms with Crippen LogP contribution in [0.2, 0.25) is 0 Å². The number of likely N-dealkylation sites (N-methyl/N-ethyl adjacent to an activating group) is 1. The number of rotatable bonds is 8. The highest BCUT2D eigenvalue weighted by Gasteiger charge is 2.10. The molecule has 0 radical (unpaired) electrons. The summed E-state index contributed by atoms with van der Waals surface area (Å²) in [6.07, 6.45) is -0.502. The van der Waals surface area contributed by atoms with Gasteiger partial charge in [0.05, 0.1) is 6.10 Å². The van der Waals surface area contributed by atoms with Gasteiger partial charge in [-0.15, -0.1) is 0 Å². The summed E-state index contributed by atoms with van der Waals surface area (Å²) >= 11 is 0. The average molecular weight is 303 g/mol. The maximum Gasteiger partial charge on any atom is 0.123 e. The third kappa shape index (κ3) is 5.13. The molecule has 0 fully saturated rings. The van der Waals surface area contributed by atoms with Gasteiger partial charge >= 0.3 is 0 Å². The summed E-state index contributed by atoms with van der Waals surface area (Å²) in [5.41, 5.74) is 2.04. The quantitative estimate of drug-likeness (QED) is 0.813. The first kappa shape index (κ1) is 16.5. The first-order valence-electron chi connectivity index (χ1n) is 7.38. The van der Waals surface area contributed by atoms with Crippen LogP contribution >= 0.6 is 0 Å².